The third kappa shape index (κ3) is 5.30. The van der Waals surface area contributed by atoms with Crippen LogP contribution in [0.2, 0.25) is 0 Å². The summed E-state index contributed by atoms with van der Waals surface area (Å²) in [6.45, 7) is 3.58. The van der Waals surface area contributed by atoms with E-state index in [0.29, 0.717) is 3.58 Å². The number of carbonyl (C=O) groups is 1. The molecule has 0 saturated heterocycles. The van der Waals surface area contributed by atoms with Crippen LogP contribution >= 0.6 is 22.6 Å². The molecule has 0 saturated carbocycles. The number of nitrogens with zero attached hydrogens (tertiary/aromatic N) is 1. The Morgan fingerprint density at radius 2 is 2.44 bits per heavy atom. The van der Waals surface area contributed by atoms with Crippen LogP contribution in [0.15, 0.2) is 10.2 Å². The number of carbonyl (C=O) groups excluding carboxylic acids is 1. The largest absolute Gasteiger partial charge is 0.449 e. The van der Waals surface area contributed by atoms with Gasteiger partial charge in [-0.3, -0.25) is 0 Å². The molecule has 0 heterocycles. The van der Waals surface area contributed by atoms with Crippen LogP contribution in [-0.4, -0.2) is 12.6 Å². The molecular weight excluding hydrogens is 233 g/mol. The van der Waals surface area contributed by atoms with E-state index < -0.39 is 5.97 Å². The van der Waals surface area contributed by atoms with Gasteiger partial charge < -0.3 is 4.74 Å². The molecule has 0 amide bonds. The Labute approximate surface area is 66.4 Å². The van der Waals surface area contributed by atoms with Gasteiger partial charge in [-0.2, -0.15) is 5.26 Å². The summed E-state index contributed by atoms with van der Waals surface area (Å²) in [7, 11) is 0. The highest BCUT2D eigenvalue weighted by molar-refractivity contribution is 14.1. The minimum absolute atomic E-state index is 0.118. The molecule has 4 heteroatoms. The van der Waals surface area contributed by atoms with Crippen molar-refractivity contribution >= 4 is 28.6 Å². The van der Waals surface area contributed by atoms with Crippen molar-refractivity contribution in [2.24, 2.45) is 0 Å². The number of hydrogen-bond acceptors (Lipinski definition) is 3. The molecule has 0 spiro atoms. The molecule has 0 aliphatic carbocycles. The maximum atomic E-state index is 10.1. The predicted octanol–water partition coefficient (Wildman–Crippen LogP) is 1.00. The van der Waals surface area contributed by atoms with Gasteiger partial charge in [0.15, 0.2) is 6.07 Å². The summed E-state index contributed by atoms with van der Waals surface area (Å²) >= 11 is 1.91. The van der Waals surface area contributed by atoms with Crippen LogP contribution in [0.3, 0.4) is 0 Å². The molecule has 0 atom stereocenters. The van der Waals surface area contributed by atoms with Gasteiger partial charge in [0, 0.05) is 3.58 Å². The molecule has 3 nitrogen and oxygen atoms in total. The Balaban J connectivity index is 3.43. The molecule has 0 radical (unpaired) electrons. The highest BCUT2D eigenvalue weighted by Gasteiger charge is 1.97. The monoisotopic (exact) mass is 237 g/mol. The van der Waals surface area contributed by atoms with E-state index in [1.165, 1.54) is 6.07 Å². The van der Waals surface area contributed by atoms with Crippen molar-refractivity contribution in [1.29, 1.82) is 5.26 Å². The SMILES string of the molecule is C=C(I)COC(=O)C#N. The first-order valence-corrected chi connectivity index (χ1v) is 3.15. The van der Waals surface area contributed by atoms with E-state index in [-0.39, 0.29) is 6.61 Å². The van der Waals surface area contributed by atoms with E-state index in [0.717, 1.165) is 0 Å². The lowest BCUT2D eigenvalue weighted by Crippen LogP contribution is -2.01. The maximum Gasteiger partial charge on any atom is 0.411 e. The standard InChI is InChI=1S/C5H4INO2/c1-4(6)3-9-5(8)2-7/h1,3H2. The normalized spacial score (nSPS) is 7.56. The van der Waals surface area contributed by atoms with Crippen LogP contribution in [0.4, 0.5) is 0 Å². The molecule has 0 unspecified atom stereocenters. The summed E-state index contributed by atoms with van der Waals surface area (Å²) in [6, 6.07) is 1.31. The molecule has 0 rings (SSSR count). The van der Waals surface area contributed by atoms with Crippen molar-refractivity contribution in [2.75, 3.05) is 6.61 Å². The number of esters is 1. The summed E-state index contributed by atoms with van der Waals surface area (Å²) in [5.41, 5.74) is 0. The minimum atomic E-state index is -0.868. The molecule has 48 valence electrons. The predicted molar refractivity (Wildman–Crippen MR) is 39.7 cm³/mol. The van der Waals surface area contributed by atoms with Crippen LogP contribution in [0, 0.1) is 11.3 Å². The van der Waals surface area contributed by atoms with Crippen molar-refractivity contribution < 1.29 is 9.53 Å². The average Bonchev–Trinajstić information content (AvgIpc) is 1.83. The number of halogens is 1. The lowest BCUT2D eigenvalue weighted by Gasteiger charge is -1.94. The van der Waals surface area contributed by atoms with Gasteiger partial charge in [0.25, 0.3) is 0 Å². The fourth-order valence-electron chi connectivity index (χ4n) is 0.176. The molecule has 0 aromatic carbocycles. The Hall–Kier alpha value is -0.570. The third-order valence-corrected chi connectivity index (χ3v) is 0.763. The zero-order valence-electron chi connectivity index (χ0n) is 4.56. The van der Waals surface area contributed by atoms with Gasteiger partial charge in [0.2, 0.25) is 0 Å². The van der Waals surface area contributed by atoms with Crippen molar-refractivity contribution in [3.8, 4) is 6.07 Å². The van der Waals surface area contributed by atoms with E-state index >= 15 is 0 Å². The molecule has 9 heavy (non-hydrogen) atoms. The summed E-state index contributed by atoms with van der Waals surface area (Å²) in [6.07, 6.45) is 0. The molecule has 0 fully saturated rings. The first kappa shape index (κ1) is 8.43. The maximum absolute atomic E-state index is 10.1. The third-order valence-electron chi connectivity index (χ3n) is 0.451. The molecule has 0 aromatic heterocycles. The number of ether oxygens (including phenoxy) is 1. The van der Waals surface area contributed by atoms with Crippen molar-refractivity contribution in [2.45, 2.75) is 0 Å². The smallest absolute Gasteiger partial charge is 0.411 e. The van der Waals surface area contributed by atoms with Gasteiger partial charge in [-0.05, 0) is 22.6 Å². The number of rotatable bonds is 2. The second kappa shape index (κ2) is 4.32. The van der Waals surface area contributed by atoms with Gasteiger partial charge >= 0.3 is 5.97 Å². The second-order valence-electron chi connectivity index (χ2n) is 1.21. The molecule has 0 aliphatic heterocycles. The first-order chi connectivity index (χ1) is 4.16. The van der Waals surface area contributed by atoms with Crippen molar-refractivity contribution in [1.82, 2.24) is 0 Å². The van der Waals surface area contributed by atoms with E-state index in [2.05, 4.69) is 11.3 Å². The Morgan fingerprint density at radius 3 is 2.78 bits per heavy atom. The van der Waals surface area contributed by atoms with Gasteiger partial charge in [-0.15, -0.1) is 0 Å². The average molecular weight is 237 g/mol. The zero-order valence-corrected chi connectivity index (χ0v) is 6.71. The highest BCUT2D eigenvalue weighted by Crippen LogP contribution is 2.00. The summed E-state index contributed by atoms with van der Waals surface area (Å²) in [5.74, 6) is -0.868. The van der Waals surface area contributed by atoms with Crippen molar-refractivity contribution in [3.05, 3.63) is 10.2 Å². The minimum Gasteiger partial charge on any atom is -0.449 e. The highest BCUT2D eigenvalue weighted by atomic mass is 127. The number of hydrogen-bond donors (Lipinski definition) is 0. The summed E-state index contributed by atoms with van der Waals surface area (Å²) in [4.78, 5) is 10.1. The Kier molecular flexibility index (Phi) is 4.05. The molecule has 0 aromatic rings. The van der Waals surface area contributed by atoms with E-state index in [9.17, 15) is 4.79 Å². The summed E-state index contributed by atoms with van der Waals surface area (Å²) in [5, 5.41) is 7.89. The van der Waals surface area contributed by atoms with Gasteiger partial charge in [-0.1, -0.05) is 6.58 Å². The molecule has 0 aliphatic rings. The lowest BCUT2D eigenvalue weighted by atomic mass is 10.7. The zero-order chi connectivity index (χ0) is 7.28. The second-order valence-corrected chi connectivity index (χ2v) is 2.73. The fourth-order valence-corrected chi connectivity index (χ4v) is 0.332. The summed E-state index contributed by atoms with van der Waals surface area (Å²) < 4.78 is 5.04. The van der Waals surface area contributed by atoms with E-state index in [1.54, 1.807) is 0 Å². The van der Waals surface area contributed by atoms with Gasteiger partial charge in [-0.25, -0.2) is 4.79 Å². The van der Waals surface area contributed by atoms with E-state index in [4.69, 9.17) is 5.26 Å². The van der Waals surface area contributed by atoms with Crippen LogP contribution in [-0.2, 0) is 9.53 Å². The van der Waals surface area contributed by atoms with Gasteiger partial charge in [0.1, 0.15) is 6.61 Å². The Morgan fingerprint density at radius 1 is 1.89 bits per heavy atom. The Bertz CT molecular complexity index is 170. The fraction of sp³-hybridized carbons (Fsp3) is 0.200. The topological polar surface area (TPSA) is 50.1 Å². The number of nitriles is 1. The first-order valence-electron chi connectivity index (χ1n) is 2.07. The van der Waals surface area contributed by atoms with Crippen LogP contribution < -0.4 is 0 Å². The molecule has 0 bridgehead atoms. The van der Waals surface area contributed by atoms with E-state index in [1.807, 2.05) is 22.6 Å². The van der Waals surface area contributed by atoms with Crippen LogP contribution in [0.1, 0.15) is 0 Å². The van der Waals surface area contributed by atoms with Crippen LogP contribution in [0.25, 0.3) is 0 Å². The van der Waals surface area contributed by atoms with Crippen LogP contribution in [0.5, 0.6) is 0 Å². The quantitative estimate of drug-likeness (QED) is 0.409. The van der Waals surface area contributed by atoms with Gasteiger partial charge in [0.05, 0.1) is 0 Å². The molecule has 0 N–H and O–H groups in total. The molecular formula is C5H4INO2. The lowest BCUT2D eigenvalue weighted by molar-refractivity contribution is -0.135. The van der Waals surface area contributed by atoms with Crippen molar-refractivity contribution in [3.63, 3.8) is 0 Å².